The maximum atomic E-state index is 11.7. The Morgan fingerprint density at radius 3 is 2.74 bits per heavy atom. The highest BCUT2D eigenvalue weighted by molar-refractivity contribution is 6.31. The van der Waals surface area contributed by atoms with Crippen molar-refractivity contribution in [2.45, 2.75) is 33.4 Å². The zero-order valence-electron chi connectivity index (χ0n) is 19.6. The van der Waals surface area contributed by atoms with E-state index in [1.807, 2.05) is 75.0 Å². The van der Waals surface area contributed by atoms with Crippen molar-refractivity contribution in [3.8, 4) is 17.0 Å². The number of carbonyl (C=O) groups excluding carboxylic acids is 1. The van der Waals surface area contributed by atoms with Gasteiger partial charge in [-0.15, -0.1) is 0 Å². The molecule has 0 bridgehead atoms. The van der Waals surface area contributed by atoms with Crippen LogP contribution in [0.3, 0.4) is 0 Å². The van der Waals surface area contributed by atoms with Gasteiger partial charge in [0.05, 0.1) is 11.7 Å². The Morgan fingerprint density at radius 2 is 2.03 bits per heavy atom. The molecule has 0 radical (unpaired) electrons. The van der Waals surface area contributed by atoms with Crippen molar-refractivity contribution in [1.82, 2.24) is 20.1 Å². The molecule has 0 fully saturated rings. The number of aromatic nitrogens is 3. The molecule has 0 aliphatic rings. The highest BCUT2D eigenvalue weighted by Crippen LogP contribution is 2.34. The third-order valence-electron chi connectivity index (χ3n) is 5.76. The lowest BCUT2D eigenvalue weighted by atomic mass is 9.99. The maximum absolute atomic E-state index is 11.7. The number of rotatable bonds is 7. The van der Waals surface area contributed by atoms with Gasteiger partial charge < -0.3 is 15.2 Å². The first kappa shape index (κ1) is 23.7. The Morgan fingerprint density at radius 1 is 1.24 bits per heavy atom. The lowest BCUT2D eigenvalue weighted by Gasteiger charge is -2.20. The minimum Gasteiger partial charge on any atom is -0.487 e. The Hall–Kier alpha value is -3.42. The van der Waals surface area contributed by atoms with Crippen LogP contribution in [0.15, 0.2) is 48.7 Å². The van der Waals surface area contributed by atoms with E-state index >= 15 is 0 Å². The number of amides is 1. The molecule has 0 aliphatic heterocycles. The first-order valence-electron chi connectivity index (χ1n) is 11.0. The van der Waals surface area contributed by atoms with Gasteiger partial charge in [0.15, 0.2) is 0 Å². The van der Waals surface area contributed by atoms with Crippen molar-refractivity contribution in [2.24, 2.45) is 7.05 Å². The molecular formula is C26H27ClN4O3. The summed E-state index contributed by atoms with van der Waals surface area (Å²) >= 11 is 6.60. The molecule has 2 aromatic carbocycles. The van der Waals surface area contributed by atoms with E-state index in [2.05, 4.69) is 10.4 Å². The molecule has 0 saturated heterocycles. The number of para-hydroxylation sites is 1. The fourth-order valence-electron chi connectivity index (χ4n) is 4.17. The van der Waals surface area contributed by atoms with E-state index in [-0.39, 0.29) is 12.6 Å². The maximum Gasteiger partial charge on any atom is 0.246 e. The molecule has 1 atom stereocenters. The van der Waals surface area contributed by atoms with E-state index in [1.54, 1.807) is 6.20 Å². The largest absolute Gasteiger partial charge is 0.487 e. The van der Waals surface area contributed by atoms with E-state index < -0.39 is 12.5 Å². The number of aryl methyl sites for hydroxylation is 3. The molecule has 1 amide bonds. The number of fused-ring (bicyclic) bond motifs is 1. The van der Waals surface area contributed by atoms with Gasteiger partial charge in [-0.05, 0) is 56.2 Å². The number of halogens is 1. The van der Waals surface area contributed by atoms with Crippen LogP contribution in [0.4, 0.5) is 0 Å². The third kappa shape index (κ3) is 4.76. The van der Waals surface area contributed by atoms with Crippen LogP contribution in [0.2, 0.25) is 5.02 Å². The number of pyridine rings is 1. The van der Waals surface area contributed by atoms with Gasteiger partial charge in [-0.1, -0.05) is 29.8 Å². The SMILES string of the molecule is Cc1cc(Cl)c(COc2cccc3c(-c4ccnn4C)cc(C)nc23)c([C@H](C)NC(=O)CO)c1. The number of aliphatic hydroxyl groups excluding tert-OH is 1. The summed E-state index contributed by atoms with van der Waals surface area (Å²) in [5.74, 6) is 0.188. The van der Waals surface area contributed by atoms with Crippen LogP contribution in [0.5, 0.6) is 5.75 Å². The average molecular weight is 479 g/mol. The van der Waals surface area contributed by atoms with Crippen LogP contribution in [-0.2, 0) is 18.4 Å². The van der Waals surface area contributed by atoms with Gasteiger partial charge >= 0.3 is 0 Å². The Labute approximate surface area is 203 Å². The normalized spacial score (nSPS) is 12.1. The van der Waals surface area contributed by atoms with Crippen LogP contribution in [0.1, 0.15) is 35.3 Å². The Balaban J connectivity index is 1.72. The quantitative estimate of drug-likeness (QED) is 0.403. The highest BCUT2D eigenvalue weighted by Gasteiger charge is 2.18. The topological polar surface area (TPSA) is 89.3 Å². The zero-order valence-corrected chi connectivity index (χ0v) is 20.3. The molecule has 7 nitrogen and oxygen atoms in total. The standard InChI is InChI=1S/C26H27ClN4O3/c1-15-10-19(17(3)30-25(33)13-32)21(22(27)11-15)14-34-24-7-5-6-18-20(12-16(2)29-26(18)24)23-8-9-28-31(23)4/h5-12,17,32H,13-14H2,1-4H3,(H,30,33)/t17-/m0/s1. The number of benzene rings is 2. The Bertz CT molecular complexity index is 1370. The van der Waals surface area contributed by atoms with Gasteiger partial charge in [-0.3, -0.25) is 9.48 Å². The molecule has 0 unspecified atom stereocenters. The molecule has 2 N–H and O–H groups in total. The number of ether oxygens (including phenoxy) is 1. The molecule has 2 aromatic heterocycles. The van der Waals surface area contributed by atoms with Crippen molar-refractivity contribution in [1.29, 1.82) is 0 Å². The molecule has 0 aliphatic carbocycles. The highest BCUT2D eigenvalue weighted by atomic mass is 35.5. The van der Waals surface area contributed by atoms with Crippen molar-refractivity contribution in [3.05, 3.63) is 76.1 Å². The van der Waals surface area contributed by atoms with Crippen molar-refractivity contribution >= 4 is 28.4 Å². The molecule has 2 heterocycles. The summed E-state index contributed by atoms with van der Waals surface area (Å²) in [7, 11) is 1.91. The zero-order chi connectivity index (χ0) is 24.4. The molecular weight excluding hydrogens is 452 g/mol. The molecule has 0 saturated carbocycles. The lowest BCUT2D eigenvalue weighted by Crippen LogP contribution is -2.29. The van der Waals surface area contributed by atoms with Gasteiger partial charge in [-0.2, -0.15) is 5.10 Å². The average Bonchev–Trinajstić information content (AvgIpc) is 3.23. The molecule has 0 spiro atoms. The number of nitrogens with zero attached hydrogens (tertiary/aromatic N) is 3. The van der Waals surface area contributed by atoms with Crippen LogP contribution >= 0.6 is 11.6 Å². The second kappa shape index (κ2) is 9.83. The second-order valence-electron chi connectivity index (χ2n) is 8.35. The molecule has 176 valence electrons. The monoisotopic (exact) mass is 478 g/mol. The predicted molar refractivity (Wildman–Crippen MR) is 133 cm³/mol. The summed E-state index contributed by atoms with van der Waals surface area (Å²) in [6, 6.07) is 13.4. The fourth-order valence-corrected chi connectivity index (χ4v) is 4.50. The van der Waals surface area contributed by atoms with E-state index in [9.17, 15) is 4.79 Å². The third-order valence-corrected chi connectivity index (χ3v) is 6.10. The summed E-state index contributed by atoms with van der Waals surface area (Å²) in [6.45, 7) is 5.37. The summed E-state index contributed by atoms with van der Waals surface area (Å²) in [6.07, 6.45) is 1.77. The number of carbonyl (C=O) groups is 1. The van der Waals surface area contributed by atoms with E-state index in [4.69, 9.17) is 26.4 Å². The molecule has 4 rings (SSSR count). The summed E-state index contributed by atoms with van der Waals surface area (Å²) in [5, 5.41) is 17.7. The van der Waals surface area contributed by atoms with Crippen molar-refractivity contribution in [2.75, 3.05) is 6.61 Å². The molecule has 8 heteroatoms. The number of nitrogens with one attached hydrogen (secondary N) is 1. The van der Waals surface area contributed by atoms with Crippen molar-refractivity contribution in [3.63, 3.8) is 0 Å². The van der Waals surface area contributed by atoms with Gasteiger partial charge in [0.2, 0.25) is 5.91 Å². The van der Waals surface area contributed by atoms with Gasteiger partial charge in [-0.25, -0.2) is 4.98 Å². The van der Waals surface area contributed by atoms with E-state index in [0.29, 0.717) is 10.8 Å². The van der Waals surface area contributed by atoms with Gasteiger partial charge in [0, 0.05) is 40.5 Å². The predicted octanol–water partition coefficient (Wildman–Crippen LogP) is 4.65. The Kier molecular flexibility index (Phi) is 6.86. The molecule has 4 aromatic rings. The van der Waals surface area contributed by atoms with Gasteiger partial charge in [0.1, 0.15) is 24.5 Å². The smallest absolute Gasteiger partial charge is 0.246 e. The minimum atomic E-state index is -0.574. The first-order chi connectivity index (χ1) is 16.3. The summed E-state index contributed by atoms with van der Waals surface area (Å²) in [4.78, 5) is 16.5. The first-order valence-corrected chi connectivity index (χ1v) is 11.4. The summed E-state index contributed by atoms with van der Waals surface area (Å²) < 4.78 is 8.11. The van der Waals surface area contributed by atoms with E-state index in [0.717, 1.165) is 44.5 Å². The number of hydrogen-bond donors (Lipinski definition) is 2. The van der Waals surface area contributed by atoms with Crippen LogP contribution in [0.25, 0.3) is 22.2 Å². The van der Waals surface area contributed by atoms with E-state index in [1.165, 1.54) is 0 Å². The fraction of sp³-hybridized carbons (Fsp3) is 0.269. The van der Waals surface area contributed by atoms with Crippen LogP contribution in [0, 0.1) is 13.8 Å². The number of aliphatic hydroxyl groups is 1. The lowest BCUT2D eigenvalue weighted by molar-refractivity contribution is -0.124. The number of hydrogen-bond acceptors (Lipinski definition) is 5. The molecule has 34 heavy (non-hydrogen) atoms. The summed E-state index contributed by atoms with van der Waals surface area (Å²) in [5.41, 5.74) is 6.23. The second-order valence-corrected chi connectivity index (χ2v) is 8.76. The van der Waals surface area contributed by atoms with Crippen LogP contribution < -0.4 is 10.1 Å². The van der Waals surface area contributed by atoms with Gasteiger partial charge in [0.25, 0.3) is 0 Å². The van der Waals surface area contributed by atoms with Crippen molar-refractivity contribution < 1.29 is 14.6 Å². The van der Waals surface area contributed by atoms with Crippen LogP contribution in [-0.4, -0.2) is 32.4 Å². The minimum absolute atomic E-state index is 0.198.